The van der Waals surface area contributed by atoms with Crippen LogP contribution in [0.25, 0.3) is 0 Å². The van der Waals surface area contributed by atoms with Gasteiger partial charge in [-0.1, -0.05) is 39.8 Å². The number of benzene rings is 2. The van der Waals surface area contributed by atoms with Crippen molar-refractivity contribution in [2.45, 2.75) is 27.7 Å². The van der Waals surface area contributed by atoms with Gasteiger partial charge in [-0.05, 0) is 44.4 Å². The largest absolute Gasteiger partial charge is 0.492 e. The maximum Gasteiger partial charge on any atom is 0.337 e. The Hall–Kier alpha value is -3.72. The van der Waals surface area contributed by atoms with Crippen LogP contribution in [0.1, 0.15) is 38.1 Å². The van der Waals surface area contributed by atoms with Gasteiger partial charge >= 0.3 is 5.97 Å². The van der Waals surface area contributed by atoms with Crippen molar-refractivity contribution in [2.75, 3.05) is 45.0 Å². The SMILES string of the molecule is CC.CC.COC(=O)c1cccc(Nc2nc(Nc3cccc(OCCN(C)C)c3)ncc2F)c1. The van der Waals surface area contributed by atoms with Gasteiger partial charge in [0.05, 0.1) is 18.9 Å². The number of methoxy groups -OCH3 is 1. The Morgan fingerprint density at radius 1 is 1.00 bits per heavy atom. The van der Waals surface area contributed by atoms with Crippen molar-refractivity contribution in [3.8, 4) is 5.75 Å². The monoisotopic (exact) mass is 485 g/mol. The van der Waals surface area contributed by atoms with E-state index in [-0.39, 0.29) is 11.8 Å². The van der Waals surface area contributed by atoms with E-state index in [9.17, 15) is 9.18 Å². The zero-order valence-electron chi connectivity index (χ0n) is 21.6. The Morgan fingerprint density at radius 3 is 2.31 bits per heavy atom. The molecule has 1 aromatic heterocycles. The van der Waals surface area contributed by atoms with Gasteiger partial charge in [0.25, 0.3) is 0 Å². The summed E-state index contributed by atoms with van der Waals surface area (Å²) in [5.74, 6) is -0.236. The van der Waals surface area contributed by atoms with Crippen molar-refractivity contribution in [3.05, 3.63) is 66.1 Å². The lowest BCUT2D eigenvalue weighted by Crippen LogP contribution is -2.19. The molecule has 0 saturated heterocycles. The maximum atomic E-state index is 14.3. The summed E-state index contributed by atoms with van der Waals surface area (Å²) in [6.45, 7) is 9.35. The molecule has 0 aliphatic heterocycles. The number of carbonyl (C=O) groups is 1. The second-order valence-corrected chi connectivity index (χ2v) is 6.89. The number of nitrogens with one attached hydrogen (secondary N) is 2. The van der Waals surface area contributed by atoms with Crippen LogP contribution in [0.4, 0.5) is 27.5 Å². The highest BCUT2D eigenvalue weighted by Crippen LogP contribution is 2.23. The number of carbonyl (C=O) groups excluding carboxylic acids is 1. The first-order valence-electron chi connectivity index (χ1n) is 11.6. The fourth-order valence-electron chi connectivity index (χ4n) is 2.63. The average molecular weight is 486 g/mol. The first-order chi connectivity index (χ1) is 16.9. The van der Waals surface area contributed by atoms with E-state index < -0.39 is 11.8 Å². The van der Waals surface area contributed by atoms with Crippen LogP contribution in [0.15, 0.2) is 54.7 Å². The lowest BCUT2D eigenvalue weighted by molar-refractivity contribution is 0.0601. The smallest absolute Gasteiger partial charge is 0.337 e. The van der Waals surface area contributed by atoms with E-state index in [0.717, 1.165) is 12.7 Å². The normalized spacial score (nSPS) is 9.74. The Morgan fingerprint density at radius 2 is 1.66 bits per heavy atom. The van der Waals surface area contributed by atoms with Crippen LogP contribution in [-0.2, 0) is 4.74 Å². The Kier molecular flexibility index (Phi) is 13.4. The Labute approximate surface area is 207 Å². The van der Waals surface area contributed by atoms with E-state index in [1.54, 1.807) is 24.3 Å². The minimum Gasteiger partial charge on any atom is -0.492 e. The summed E-state index contributed by atoms with van der Waals surface area (Å²) in [7, 11) is 5.25. The molecule has 9 heteroatoms. The summed E-state index contributed by atoms with van der Waals surface area (Å²) in [4.78, 5) is 21.9. The summed E-state index contributed by atoms with van der Waals surface area (Å²) in [5.41, 5.74) is 1.53. The summed E-state index contributed by atoms with van der Waals surface area (Å²) < 4.78 is 24.7. The fourth-order valence-corrected chi connectivity index (χ4v) is 2.63. The number of esters is 1. The van der Waals surface area contributed by atoms with Crippen LogP contribution >= 0.6 is 0 Å². The van der Waals surface area contributed by atoms with Gasteiger partial charge in [0, 0.05) is 24.0 Å². The van der Waals surface area contributed by atoms with Gasteiger partial charge in [-0.2, -0.15) is 4.98 Å². The van der Waals surface area contributed by atoms with Crippen LogP contribution in [0.3, 0.4) is 0 Å². The van der Waals surface area contributed by atoms with Crippen molar-refractivity contribution in [2.24, 2.45) is 0 Å². The van der Waals surface area contributed by atoms with Gasteiger partial charge in [-0.15, -0.1) is 0 Å². The van der Waals surface area contributed by atoms with Crippen LogP contribution in [0.5, 0.6) is 5.75 Å². The minimum absolute atomic E-state index is 0.0297. The molecule has 8 nitrogen and oxygen atoms in total. The molecule has 1 heterocycles. The highest BCUT2D eigenvalue weighted by Gasteiger charge is 2.10. The fraction of sp³-hybridized carbons (Fsp3) is 0.346. The Balaban J connectivity index is 0.00000145. The molecule has 0 aliphatic rings. The maximum absolute atomic E-state index is 14.3. The van der Waals surface area contributed by atoms with Crippen molar-refractivity contribution in [1.29, 1.82) is 0 Å². The number of anilines is 4. The van der Waals surface area contributed by atoms with E-state index in [0.29, 0.717) is 29.3 Å². The van der Waals surface area contributed by atoms with Crippen molar-refractivity contribution in [1.82, 2.24) is 14.9 Å². The third kappa shape index (κ3) is 9.97. The van der Waals surface area contributed by atoms with Gasteiger partial charge in [-0.25, -0.2) is 14.2 Å². The molecular weight excluding hydrogens is 449 g/mol. The third-order valence-electron chi connectivity index (χ3n) is 4.19. The molecule has 35 heavy (non-hydrogen) atoms. The number of halogens is 1. The molecule has 0 spiro atoms. The van der Waals surface area contributed by atoms with Crippen LogP contribution < -0.4 is 15.4 Å². The minimum atomic E-state index is -0.630. The summed E-state index contributed by atoms with van der Waals surface area (Å²) in [6.07, 6.45) is 1.07. The van der Waals surface area contributed by atoms with E-state index in [1.165, 1.54) is 7.11 Å². The predicted octanol–water partition coefficient (Wildman–Crippen LogP) is 5.88. The number of aromatic nitrogens is 2. The zero-order valence-corrected chi connectivity index (χ0v) is 21.6. The molecule has 0 atom stereocenters. The molecule has 190 valence electrons. The highest BCUT2D eigenvalue weighted by atomic mass is 19.1. The summed E-state index contributed by atoms with van der Waals surface area (Å²) in [6, 6.07) is 13.9. The lowest BCUT2D eigenvalue weighted by Gasteiger charge is -2.13. The van der Waals surface area contributed by atoms with Crippen molar-refractivity contribution >= 4 is 29.1 Å². The number of likely N-dealkylation sites (N-methyl/N-ethyl adjacent to an activating group) is 1. The van der Waals surface area contributed by atoms with Crippen molar-refractivity contribution in [3.63, 3.8) is 0 Å². The first kappa shape index (κ1) is 29.3. The summed E-state index contributed by atoms with van der Waals surface area (Å²) in [5, 5.41) is 5.91. The molecule has 0 unspecified atom stereocenters. The molecule has 0 fully saturated rings. The number of ether oxygens (including phenoxy) is 2. The Bertz CT molecular complexity index is 1050. The quantitative estimate of drug-likeness (QED) is 0.363. The van der Waals surface area contributed by atoms with E-state index in [4.69, 9.17) is 9.47 Å². The van der Waals surface area contributed by atoms with Gasteiger partial charge in [0.2, 0.25) is 5.95 Å². The van der Waals surface area contributed by atoms with Gasteiger partial charge in [-0.3, -0.25) is 0 Å². The van der Waals surface area contributed by atoms with Crippen LogP contribution in [-0.4, -0.2) is 55.2 Å². The number of nitrogens with zero attached hydrogens (tertiary/aromatic N) is 3. The lowest BCUT2D eigenvalue weighted by atomic mass is 10.2. The second-order valence-electron chi connectivity index (χ2n) is 6.89. The molecule has 0 saturated carbocycles. The number of rotatable bonds is 9. The molecule has 0 aliphatic carbocycles. The molecule has 0 amide bonds. The van der Waals surface area contributed by atoms with Gasteiger partial charge in [0.1, 0.15) is 12.4 Å². The molecule has 2 N–H and O–H groups in total. The van der Waals surface area contributed by atoms with Crippen LogP contribution in [0, 0.1) is 5.82 Å². The first-order valence-corrected chi connectivity index (χ1v) is 11.6. The van der Waals surface area contributed by atoms with E-state index >= 15 is 0 Å². The average Bonchev–Trinajstić information content (AvgIpc) is 2.88. The molecule has 3 rings (SSSR count). The van der Waals surface area contributed by atoms with E-state index in [1.807, 2.05) is 71.0 Å². The molecule has 0 radical (unpaired) electrons. The zero-order chi connectivity index (χ0) is 26.2. The van der Waals surface area contributed by atoms with E-state index in [2.05, 4.69) is 20.6 Å². The second kappa shape index (κ2) is 16.0. The van der Waals surface area contributed by atoms with Gasteiger partial charge < -0.3 is 25.0 Å². The topological polar surface area (TPSA) is 88.6 Å². The molecule has 2 aromatic carbocycles. The highest BCUT2D eigenvalue weighted by molar-refractivity contribution is 5.90. The summed E-state index contributed by atoms with van der Waals surface area (Å²) >= 11 is 0. The predicted molar refractivity (Wildman–Crippen MR) is 140 cm³/mol. The third-order valence-corrected chi connectivity index (χ3v) is 4.19. The van der Waals surface area contributed by atoms with Crippen molar-refractivity contribution < 1.29 is 18.7 Å². The molecular formula is C26H36FN5O3. The number of hydrogen-bond acceptors (Lipinski definition) is 8. The van der Waals surface area contributed by atoms with Crippen LogP contribution in [0.2, 0.25) is 0 Å². The molecule has 0 bridgehead atoms. The number of hydrogen-bond donors (Lipinski definition) is 2. The molecule has 3 aromatic rings. The standard InChI is InChI=1S/C22H24FN5O3.2C2H6/c1-28(2)10-11-31-18-9-5-8-17(13-18)26-22-24-14-19(23)20(27-22)25-16-7-4-6-15(12-16)21(29)30-3;2*1-2/h4-9,12-14H,10-11H2,1-3H3,(H2,24,25,26,27);2*1-2H3. The van der Waals surface area contributed by atoms with Gasteiger partial charge in [0.15, 0.2) is 11.6 Å².